The van der Waals surface area contributed by atoms with Gasteiger partial charge in [-0.15, -0.1) is 0 Å². The maximum Gasteiger partial charge on any atom is 0.191 e. The lowest BCUT2D eigenvalue weighted by molar-refractivity contribution is 0.600. The lowest BCUT2D eigenvalue weighted by atomic mass is 10.1. The summed E-state index contributed by atoms with van der Waals surface area (Å²) in [7, 11) is -3.18. The Morgan fingerprint density at radius 2 is 1.96 bits per heavy atom. The van der Waals surface area contributed by atoms with Crippen LogP contribution in [0.25, 0.3) is 0 Å². The minimum Gasteiger partial charge on any atom is -0.357 e. The summed E-state index contributed by atoms with van der Waals surface area (Å²) in [5.41, 5.74) is 1.16. The van der Waals surface area contributed by atoms with Crippen molar-refractivity contribution in [3.63, 3.8) is 0 Å². The van der Waals surface area contributed by atoms with E-state index in [2.05, 4.69) is 29.5 Å². The molecule has 0 bridgehead atoms. The average molecular weight is 343 g/mol. The van der Waals surface area contributed by atoms with Crippen LogP contribution in [-0.4, -0.2) is 33.7 Å². The third kappa shape index (κ3) is 7.97. The predicted octanol–water partition coefficient (Wildman–Crippen LogP) is 2.08. The van der Waals surface area contributed by atoms with E-state index in [0.717, 1.165) is 12.8 Å². The van der Waals surface area contributed by atoms with Gasteiger partial charge in [0.25, 0.3) is 0 Å². The van der Waals surface area contributed by atoms with Gasteiger partial charge in [0.05, 0.1) is 12.3 Å². The van der Waals surface area contributed by atoms with Crippen LogP contribution in [0, 0.1) is 11.7 Å². The molecular formula is C16H26FN3O2S. The molecule has 1 aromatic rings. The van der Waals surface area contributed by atoms with Gasteiger partial charge in [-0.05, 0) is 36.1 Å². The average Bonchev–Trinajstić information content (AvgIpc) is 2.43. The normalized spacial score (nSPS) is 12.5. The number of halogens is 1. The molecule has 2 N–H and O–H groups in total. The fraction of sp³-hybridized carbons (Fsp3) is 0.562. The maximum absolute atomic E-state index is 13.5. The highest BCUT2D eigenvalue weighted by atomic mass is 32.2. The highest BCUT2D eigenvalue weighted by molar-refractivity contribution is 7.89. The van der Waals surface area contributed by atoms with Crippen molar-refractivity contribution in [3.8, 4) is 0 Å². The number of nitrogens with one attached hydrogen (secondary N) is 2. The summed E-state index contributed by atoms with van der Waals surface area (Å²) >= 11 is 0. The quantitative estimate of drug-likeness (QED) is 0.587. The Balaban J connectivity index is 2.95. The molecule has 23 heavy (non-hydrogen) atoms. The van der Waals surface area contributed by atoms with E-state index in [1.807, 2.05) is 6.92 Å². The summed E-state index contributed by atoms with van der Waals surface area (Å²) in [6.45, 7) is 7.84. The number of guanidine groups is 1. The van der Waals surface area contributed by atoms with Crippen LogP contribution in [0.5, 0.6) is 0 Å². The molecule has 130 valence electrons. The van der Waals surface area contributed by atoms with E-state index >= 15 is 0 Å². The van der Waals surface area contributed by atoms with Gasteiger partial charge in [-0.1, -0.05) is 19.9 Å². The number of sulfone groups is 1. The number of rotatable bonds is 7. The number of aliphatic imine (C=N–C) groups is 1. The van der Waals surface area contributed by atoms with Gasteiger partial charge in [0.2, 0.25) is 0 Å². The third-order valence-electron chi connectivity index (χ3n) is 3.02. The Labute approximate surface area is 138 Å². The second-order valence-electron chi connectivity index (χ2n) is 5.95. The van der Waals surface area contributed by atoms with Crippen LogP contribution in [0.3, 0.4) is 0 Å². The molecule has 0 saturated carbocycles. The number of nitrogens with zero attached hydrogens (tertiary/aromatic N) is 1. The zero-order valence-electron chi connectivity index (χ0n) is 14.2. The Bertz CT molecular complexity index is 643. The molecule has 7 heteroatoms. The van der Waals surface area contributed by atoms with E-state index in [-0.39, 0.29) is 12.3 Å². The van der Waals surface area contributed by atoms with Crippen LogP contribution in [0.4, 0.5) is 4.39 Å². The van der Waals surface area contributed by atoms with E-state index in [1.54, 1.807) is 0 Å². The largest absolute Gasteiger partial charge is 0.357 e. The summed E-state index contributed by atoms with van der Waals surface area (Å²) in [6.07, 6.45) is 1.16. The SMILES string of the molecule is CCNC(=NCc1cc(F)ccc1CS(C)(=O)=O)NCC(C)C. The molecule has 0 amide bonds. The van der Waals surface area contributed by atoms with Gasteiger partial charge in [0.1, 0.15) is 5.82 Å². The summed E-state index contributed by atoms with van der Waals surface area (Å²) in [5, 5.41) is 6.32. The Hall–Kier alpha value is -1.63. The molecule has 1 aromatic carbocycles. The Morgan fingerprint density at radius 3 is 2.52 bits per heavy atom. The molecule has 0 aliphatic rings. The third-order valence-corrected chi connectivity index (χ3v) is 3.85. The lowest BCUT2D eigenvalue weighted by Crippen LogP contribution is -2.39. The van der Waals surface area contributed by atoms with Crippen molar-refractivity contribution in [2.24, 2.45) is 10.9 Å². The zero-order valence-corrected chi connectivity index (χ0v) is 15.0. The summed E-state index contributed by atoms with van der Waals surface area (Å²) < 4.78 is 36.5. The van der Waals surface area contributed by atoms with E-state index in [0.29, 0.717) is 29.5 Å². The van der Waals surface area contributed by atoms with E-state index in [4.69, 9.17) is 0 Å². The van der Waals surface area contributed by atoms with Crippen LogP contribution >= 0.6 is 0 Å². The van der Waals surface area contributed by atoms with Crippen molar-refractivity contribution < 1.29 is 12.8 Å². The first-order chi connectivity index (χ1) is 10.7. The van der Waals surface area contributed by atoms with E-state index in [1.165, 1.54) is 18.2 Å². The molecule has 0 unspecified atom stereocenters. The van der Waals surface area contributed by atoms with Crippen molar-refractivity contribution in [3.05, 3.63) is 35.1 Å². The van der Waals surface area contributed by atoms with Crippen LogP contribution < -0.4 is 10.6 Å². The highest BCUT2D eigenvalue weighted by Crippen LogP contribution is 2.15. The predicted molar refractivity (Wildman–Crippen MR) is 92.6 cm³/mol. The molecule has 0 saturated heterocycles. The molecule has 0 radical (unpaired) electrons. The molecular weight excluding hydrogens is 317 g/mol. The molecule has 0 aromatic heterocycles. The molecule has 0 atom stereocenters. The molecule has 5 nitrogen and oxygen atoms in total. The van der Waals surface area contributed by atoms with Crippen LogP contribution in [0.15, 0.2) is 23.2 Å². The van der Waals surface area contributed by atoms with Gasteiger partial charge in [-0.3, -0.25) is 0 Å². The smallest absolute Gasteiger partial charge is 0.191 e. The second kappa shape index (κ2) is 8.86. The topological polar surface area (TPSA) is 70.6 Å². The van der Waals surface area contributed by atoms with E-state index in [9.17, 15) is 12.8 Å². The van der Waals surface area contributed by atoms with Crippen molar-refractivity contribution in [2.45, 2.75) is 33.1 Å². The first-order valence-electron chi connectivity index (χ1n) is 7.68. The molecule has 0 aliphatic heterocycles. The van der Waals surface area contributed by atoms with Crippen LogP contribution in [-0.2, 0) is 22.1 Å². The minimum absolute atomic E-state index is 0.117. The standard InChI is InChI=1S/C16H26FN3O2S/c1-5-18-16(19-9-12(2)3)20-10-14-8-15(17)7-6-13(14)11-23(4,21)22/h6-8,12H,5,9-11H2,1-4H3,(H2,18,19,20). The number of hydrogen-bond donors (Lipinski definition) is 2. The van der Waals surface area contributed by atoms with Crippen molar-refractivity contribution >= 4 is 15.8 Å². The van der Waals surface area contributed by atoms with Crippen molar-refractivity contribution in [2.75, 3.05) is 19.3 Å². The van der Waals surface area contributed by atoms with Crippen molar-refractivity contribution in [1.29, 1.82) is 0 Å². The molecule has 0 heterocycles. The fourth-order valence-corrected chi connectivity index (χ4v) is 2.82. The summed E-state index contributed by atoms with van der Waals surface area (Å²) in [5.74, 6) is 0.589. The monoisotopic (exact) mass is 343 g/mol. The summed E-state index contributed by atoms with van der Waals surface area (Å²) in [6, 6.07) is 4.13. The molecule has 1 rings (SSSR count). The number of benzene rings is 1. The lowest BCUT2D eigenvalue weighted by Gasteiger charge is -2.13. The molecule has 0 spiro atoms. The van der Waals surface area contributed by atoms with Crippen LogP contribution in [0.1, 0.15) is 31.9 Å². The first kappa shape index (κ1) is 19.4. The van der Waals surface area contributed by atoms with Gasteiger partial charge in [-0.2, -0.15) is 0 Å². The minimum atomic E-state index is -3.18. The van der Waals surface area contributed by atoms with Gasteiger partial charge in [-0.25, -0.2) is 17.8 Å². The maximum atomic E-state index is 13.5. The Morgan fingerprint density at radius 1 is 1.26 bits per heavy atom. The summed E-state index contributed by atoms with van der Waals surface area (Å²) in [4.78, 5) is 4.42. The first-order valence-corrected chi connectivity index (χ1v) is 9.74. The van der Waals surface area contributed by atoms with Gasteiger partial charge in [0.15, 0.2) is 15.8 Å². The van der Waals surface area contributed by atoms with Crippen LogP contribution in [0.2, 0.25) is 0 Å². The van der Waals surface area contributed by atoms with Gasteiger partial charge < -0.3 is 10.6 Å². The Kier molecular flexibility index (Phi) is 7.48. The van der Waals surface area contributed by atoms with Gasteiger partial charge in [0, 0.05) is 19.3 Å². The molecule has 0 fully saturated rings. The van der Waals surface area contributed by atoms with Gasteiger partial charge >= 0.3 is 0 Å². The zero-order chi connectivity index (χ0) is 17.5. The molecule has 0 aliphatic carbocycles. The van der Waals surface area contributed by atoms with Crippen molar-refractivity contribution in [1.82, 2.24) is 10.6 Å². The fourth-order valence-electron chi connectivity index (χ4n) is 1.97. The highest BCUT2D eigenvalue weighted by Gasteiger charge is 2.10. The second-order valence-corrected chi connectivity index (χ2v) is 8.09. The number of hydrogen-bond acceptors (Lipinski definition) is 3. The van der Waals surface area contributed by atoms with E-state index < -0.39 is 15.7 Å².